The van der Waals surface area contributed by atoms with E-state index in [2.05, 4.69) is 86.4 Å². The summed E-state index contributed by atoms with van der Waals surface area (Å²) in [5, 5.41) is 0. The first kappa shape index (κ1) is 26.8. The lowest BCUT2D eigenvalue weighted by molar-refractivity contribution is 0.308. The largest absolute Gasteiger partial charge is 0.0730 e. The van der Waals surface area contributed by atoms with Gasteiger partial charge in [-0.3, -0.25) is 0 Å². The third-order valence-electron chi connectivity index (χ3n) is 8.89. The minimum Gasteiger partial charge on any atom is -0.0730 e. The summed E-state index contributed by atoms with van der Waals surface area (Å²) in [4.78, 5) is 0. The summed E-state index contributed by atoms with van der Waals surface area (Å²) in [6, 6.07) is 18.7. The molecule has 0 amide bonds. The van der Waals surface area contributed by atoms with Crippen LogP contribution in [0.1, 0.15) is 131 Å². The van der Waals surface area contributed by atoms with Crippen LogP contribution >= 0.6 is 0 Å². The highest BCUT2D eigenvalue weighted by atomic mass is 14.3. The molecule has 0 bridgehead atoms. The average Bonchev–Trinajstić information content (AvgIpc) is 2.93. The van der Waals surface area contributed by atoms with Crippen molar-refractivity contribution < 1.29 is 0 Å². The zero-order chi connectivity index (χ0) is 25.0. The van der Waals surface area contributed by atoms with Crippen LogP contribution < -0.4 is 0 Å². The molecule has 0 N–H and O–H groups in total. The van der Waals surface area contributed by atoms with Gasteiger partial charge in [-0.1, -0.05) is 93.8 Å². The first-order valence-electron chi connectivity index (χ1n) is 15.1. The van der Waals surface area contributed by atoms with E-state index < -0.39 is 0 Å². The normalized spacial score (nSPS) is 24.4. The quantitative estimate of drug-likeness (QED) is 0.247. The van der Waals surface area contributed by atoms with Gasteiger partial charge in [0, 0.05) is 5.56 Å². The molecule has 2 aliphatic carbocycles. The first-order valence-corrected chi connectivity index (χ1v) is 15.1. The zero-order valence-corrected chi connectivity index (χ0v) is 23.0. The van der Waals surface area contributed by atoms with Crippen LogP contribution in [-0.4, -0.2) is 0 Å². The number of benzene rings is 2. The Morgan fingerprint density at radius 3 is 1.92 bits per heavy atom. The van der Waals surface area contributed by atoms with Crippen LogP contribution in [-0.2, 0) is 6.42 Å². The van der Waals surface area contributed by atoms with Crippen LogP contribution in [0.3, 0.4) is 0 Å². The summed E-state index contributed by atoms with van der Waals surface area (Å²) in [6.45, 7) is 4.60. The number of rotatable bonds is 9. The molecule has 2 aromatic carbocycles. The second kappa shape index (κ2) is 14.5. The number of hydrogen-bond donors (Lipinski definition) is 0. The monoisotopic (exact) mass is 480 g/mol. The van der Waals surface area contributed by atoms with E-state index in [1.807, 2.05) is 0 Å². The van der Waals surface area contributed by atoms with Crippen molar-refractivity contribution in [2.45, 2.75) is 116 Å². The SMILES string of the molecule is CCCCCc1ccc(C2CCC(/C=C/C#Cc3ccc(C4CCC(CCC)CC4)cc3)CC2)cc1. The lowest BCUT2D eigenvalue weighted by atomic mass is 9.77. The Labute approximate surface area is 222 Å². The lowest BCUT2D eigenvalue weighted by Gasteiger charge is -2.28. The van der Waals surface area contributed by atoms with Gasteiger partial charge in [0.05, 0.1) is 0 Å². The Bertz CT molecular complexity index is 965. The van der Waals surface area contributed by atoms with E-state index in [4.69, 9.17) is 0 Å². The topological polar surface area (TPSA) is 0 Å². The molecular weight excluding hydrogens is 432 g/mol. The lowest BCUT2D eigenvalue weighted by Crippen LogP contribution is -2.13. The van der Waals surface area contributed by atoms with E-state index >= 15 is 0 Å². The highest BCUT2D eigenvalue weighted by molar-refractivity contribution is 5.39. The summed E-state index contributed by atoms with van der Waals surface area (Å²) >= 11 is 0. The van der Waals surface area contributed by atoms with Crippen molar-refractivity contribution in [3.05, 3.63) is 82.9 Å². The van der Waals surface area contributed by atoms with Gasteiger partial charge in [0.15, 0.2) is 0 Å². The molecule has 4 rings (SSSR count). The Hall–Kier alpha value is -2.26. The van der Waals surface area contributed by atoms with Crippen molar-refractivity contribution in [1.82, 2.24) is 0 Å². The maximum Gasteiger partial charge on any atom is 0.0249 e. The smallest absolute Gasteiger partial charge is 0.0249 e. The predicted octanol–water partition coefficient (Wildman–Crippen LogP) is 10.4. The molecule has 2 fully saturated rings. The van der Waals surface area contributed by atoms with E-state index in [1.165, 1.54) is 101 Å². The number of unbranched alkanes of at least 4 members (excludes halogenated alkanes) is 2. The molecule has 0 aromatic heterocycles. The minimum absolute atomic E-state index is 0.689. The predicted molar refractivity (Wildman–Crippen MR) is 156 cm³/mol. The van der Waals surface area contributed by atoms with E-state index in [0.29, 0.717) is 5.92 Å². The Morgan fingerprint density at radius 1 is 0.694 bits per heavy atom. The minimum atomic E-state index is 0.689. The summed E-state index contributed by atoms with van der Waals surface area (Å²) < 4.78 is 0. The van der Waals surface area contributed by atoms with Crippen LogP contribution in [0.4, 0.5) is 0 Å². The molecule has 2 aliphatic rings. The van der Waals surface area contributed by atoms with Gasteiger partial charge in [-0.05, 0) is 123 Å². The highest BCUT2D eigenvalue weighted by Gasteiger charge is 2.22. The van der Waals surface area contributed by atoms with Crippen molar-refractivity contribution in [1.29, 1.82) is 0 Å². The number of aryl methyl sites for hydroxylation is 1. The fraction of sp³-hybridized carbons (Fsp3) is 0.556. The molecule has 0 aliphatic heterocycles. The van der Waals surface area contributed by atoms with E-state index in [0.717, 1.165) is 23.3 Å². The van der Waals surface area contributed by atoms with E-state index in [1.54, 1.807) is 5.56 Å². The van der Waals surface area contributed by atoms with Crippen LogP contribution in [0.2, 0.25) is 0 Å². The molecular formula is C36H48. The van der Waals surface area contributed by atoms with Crippen LogP contribution in [0, 0.1) is 23.7 Å². The van der Waals surface area contributed by atoms with Gasteiger partial charge in [-0.2, -0.15) is 0 Å². The standard InChI is InChI=1S/C36H48/c1-3-5-6-10-30-15-23-35(24-16-30)36-27-19-32(20-28-36)12-8-7-11-31-17-25-34(26-18-31)33-21-13-29(9-4-2)14-22-33/h8,12,15-18,23-26,29,32-33,36H,3-6,9-10,13-14,19-22,27-28H2,1-2H3/b12-8+. The van der Waals surface area contributed by atoms with Crippen molar-refractivity contribution >= 4 is 0 Å². The molecule has 2 aromatic rings. The Kier molecular flexibility index (Phi) is 10.8. The summed E-state index contributed by atoms with van der Waals surface area (Å²) in [6.07, 6.45) is 23.2. The fourth-order valence-electron chi connectivity index (χ4n) is 6.52. The van der Waals surface area contributed by atoms with Crippen molar-refractivity contribution in [3.8, 4) is 11.8 Å². The van der Waals surface area contributed by atoms with Crippen molar-refractivity contribution in [2.24, 2.45) is 11.8 Å². The maximum atomic E-state index is 3.36. The van der Waals surface area contributed by atoms with Gasteiger partial charge in [-0.25, -0.2) is 0 Å². The molecule has 2 saturated carbocycles. The molecule has 0 atom stereocenters. The summed E-state index contributed by atoms with van der Waals surface area (Å²) in [5.74, 6) is 9.84. The van der Waals surface area contributed by atoms with Crippen LogP contribution in [0.5, 0.6) is 0 Å². The molecule has 0 nitrogen and oxygen atoms in total. The second-order valence-corrected chi connectivity index (χ2v) is 11.6. The molecule has 0 radical (unpaired) electrons. The van der Waals surface area contributed by atoms with Crippen molar-refractivity contribution in [2.75, 3.05) is 0 Å². The van der Waals surface area contributed by atoms with Gasteiger partial charge >= 0.3 is 0 Å². The maximum absolute atomic E-state index is 3.36. The molecule has 0 unspecified atom stereocenters. The van der Waals surface area contributed by atoms with Gasteiger partial charge in [0.25, 0.3) is 0 Å². The van der Waals surface area contributed by atoms with Crippen LogP contribution in [0.25, 0.3) is 0 Å². The fourth-order valence-corrected chi connectivity index (χ4v) is 6.52. The van der Waals surface area contributed by atoms with Gasteiger partial charge in [-0.15, -0.1) is 0 Å². The molecule has 192 valence electrons. The van der Waals surface area contributed by atoms with Gasteiger partial charge in [0.1, 0.15) is 0 Å². The third kappa shape index (κ3) is 8.13. The first-order chi connectivity index (χ1) is 17.7. The van der Waals surface area contributed by atoms with Crippen molar-refractivity contribution in [3.63, 3.8) is 0 Å². The average molecular weight is 481 g/mol. The summed E-state index contributed by atoms with van der Waals surface area (Å²) in [7, 11) is 0. The third-order valence-corrected chi connectivity index (χ3v) is 8.89. The highest BCUT2D eigenvalue weighted by Crippen LogP contribution is 2.38. The Morgan fingerprint density at radius 2 is 1.31 bits per heavy atom. The number of hydrogen-bond acceptors (Lipinski definition) is 0. The van der Waals surface area contributed by atoms with Gasteiger partial charge < -0.3 is 0 Å². The second-order valence-electron chi connectivity index (χ2n) is 11.6. The summed E-state index contributed by atoms with van der Waals surface area (Å²) in [5.41, 5.74) is 5.72. The molecule has 36 heavy (non-hydrogen) atoms. The van der Waals surface area contributed by atoms with Crippen LogP contribution in [0.15, 0.2) is 60.7 Å². The number of allylic oxidation sites excluding steroid dienone is 2. The molecule has 0 saturated heterocycles. The van der Waals surface area contributed by atoms with E-state index in [9.17, 15) is 0 Å². The Balaban J connectivity index is 1.19. The van der Waals surface area contributed by atoms with Gasteiger partial charge in [0.2, 0.25) is 0 Å². The molecule has 0 heterocycles. The van der Waals surface area contributed by atoms with E-state index in [-0.39, 0.29) is 0 Å². The molecule has 0 spiro atoms. The molecule has 0 heteroatoms. The zero-order valence-electron chi connectivity index (χ0n) is 23.0.